The molecular formula is C9H12N2O. The molecule has 12 heavy (non-hydrogen) atoms. The van der Waals surface area contributed by atoms with Crippen molar-refractivity contribution >= 4 is 0 Å². The average molecular weight is 164 g/mol. The zero-order valence-electron chi connectivity index (χ0n) is 7.05. The van der Waals surface area contributed by atoms with Crippen molar-refractivity contribution in [3.8, 4) is 0 Å². The third-order valence-electron chi connectivity index (χ3n) is 2.34. The van der Waals surface area contributed by atoms with Gasteiger partial charge in [-0.15, -0.1) is 0 Å². The van der Waals surface area contributed by atoms with Crippen LogP contribution in [-0.2, 0) is 0 Å². The van der Waals surface area contributed by atoms with Crippen LogP contribution in [0.1, 0.15) is 23.6 Å². The number of rotatable bonds is 1. The predicted molar refractivity (Wildman–Crippen MR) is 47.2 cm³/mol. The number of H-pyrrole nitrogens is 1. The molecule has 64 valence electrons. The van der Waals surface area contributed by atoms with Crippen LogP contribution in [-0.4, -0.2) is 11.5 Å². The van der Waals surface area contributed by atoms with Crippen LogP contribution in [0.25, 0.3) is 0 Å². The highest BCUT2D eigenvalue weighted by molar-refractivity contribution is 5.21. The number of hydrogen-bond acceptors (Lipinski definition) is 2. The molecule has 2 N–H and O–H groups in total. The molecule has 2 heterocycles. The lowest BCUT2D eigenvalue weighted by Gasteiger charge is -2.27. The van der Waals surface area contributed by atoms with E-state index in [9.17, 15) is 4.79 Å². The van der Waals surface area contributed by atoms with Crippen LogP contribution < -0.4 is 10.9 Å². The third kappa shape index (κ3) is 1.16. The summed E-state index contributed by atoms with van der Waals surface area (Å²) >= 11 is 0. The lowest BCUT2D eigenvalue weighted by atomic mass is 9.99. The van der Waals surface area contributed by atoms with Gasteiger partial charge in [-0.25, -0.2) is 0 Å². The summed E-state index contributed by atoms with van der Waals surface area (Å²) in [5.74, 6) is 0. The number of nitrogens with one attached hydrogen (secondary N) is 2. The lowest BCUT2D eigenvalue weighted by molar-refractivity contribution is 0.382. The first kappa shape index (κ1) is 7.55. The van der Waals surface area contributed by atoms with Gasteiger partial charge < -0.3 is 10.3 Å². The van der Waals surface area contributed by atoms with Crippen molar-refractivity contribution in [3.05, 3.63) is 33.7 Å². The van der Waals surface area contributed by atoms with E-state index < -0.39 is 0 Å². The Balaban J connectivity index is 2.33. The molecule has 1 atom stereocenters. The van der Waals surface area contributed by atoms with Gasteiger partial charge in [0.05, 0.1) is 0 Å². The van der Waals surface area contributed by atoms with Crippen LogP contribution in [0.3, 0.4) is 0 Å². The third-order valence-corrected chi connectivity index (χ3v) is 2.34. The van der Waals surface area contributed by atoms with Crippen molar-refractivity contribution in [2.45, 2.75) is 19.4 Å². The Morgan fingerprint density at radius 3 is 2.83 bits per heavy atom. The maximum Gasteiger partial charge on any atom is 0.250 e. The summed E-state index contributed by atoms with van der Waals surface area (Å²) in [6, 6.07) is 2.41. The van der Waals surface area contributed by atoms with Crippen LogP contribution in [0.2, 0.25) is 0 Å². The van der Waals surface area contributed by atoms with E-state index in [2.05, 4.69) is 10.3 Å². The largest absolute Gasteiger partial charge is 0.329 e. The molecule has 1 aliphatic rings. The predicted octanol–water partition coefficient (Wildman–Crippen LogP) is 0.718. The molecule has 3 nitrogen and oxygen atoms in total. The number of pyridine rings is 1. The second-order valence-electron chi connectivity index (χ2n) is 3.24. The molecule has 1 aliphatic heterocycles. The number of aromatic nitrogens is 1. The van der Waals surface area contributed by atoms with E-state index in [1.54, 1.807) is 6.20 Å². The maximum atomic E-state index is 11.0. The van der Waals surface area contributed by atoms with E-state index >= 15 is 0 Å². The molecule has 1 aromatic rings. The Hall–Kier alpha value is -1.09. The molecule has 0 bridgehead atoms. The van der Waals surface area contributed by atoms with Crippen molar-refractivity contribution in [3.63, 3.8) is 0 Å². The van der Waals surface area contributed by atoms with E-state index in [1.165, 1.54) is 12.0 Å². The van der Waals surface area contributed by atoms with E-state index in [1.807, 2.05) is 13.0 Å². The maximum absolute atomic E-state index is 11.0. The van der Waals surface area contributed by atoms with E-state index in [0.29, 0.717) is 6.04 Å². The fraction of sp³-hybridized carbons (Fsp3) is 0.444. The van der Waals surface area contributed by atoms with Gasteiger partial charge in [-0.05, 0) is 31.5 Å². The van der Waals surface area contributed by atoms with Gasteiger partial charge in [0.25, 0.3) is 5.56 Å². The molecule has 3 heteroatoms. The van der Waals surface area contributed by atoms with Gasteiger partial charge in [0, 0.05) is 17.8 Å². The monoisotopic (exact) mass is 164 g/mol. The highest BCUT2D eigenvalue weighted by Crippen LogP contribution is 2.21. The van der Waals surface area contributed by atoms with Gasteiger partial charge >= 0.3 is 0 Å². The first-order valence-electron chi connectivity index (χ1n) is 4.20. The van der Waals surface area contributed by atoms with Gasteiger partial charge in [0.1, 0.15) is 0 Å². The van der Waals surface area contributed by atoms with Crippen molar-refractivity contribution in [1.29, 1.82) is 0 Å². The first-order valence-corrected chi connectivity index (χ1v) is 4.20. The minimum atomic E-state index is 0.0121. The number of hydrogen-bond donors (Lipinski definition) is 2. The van der Waals surface area contributed by atoms with Gasteiger partial charge in [-0.2, -0.15) is 0 Å². The van der Waals surface area contributed by atoms with Crippen molar-refractivity contribution in [2.24, 2.45) is 0 Å². The summed E-state index contributed by atoms with van der Waals surface area (Å²) in [6.07, 6.45) is 2.97. The Bertz CT molecular complexity index is 339. The van der Waals surface area contributed by atoms with Crippen LogP contribution in [0.15, 0.2) is 17.1 Å². The zero-order chi connectivity index (χ0) is 8.55. The summed E-state index contributed by atoms with van der Waals surface area (Å²) < 4.78 is 0. The quantitative estimate of drug-likeness (QED) is 0.642. The van der Waals surface area contributed by atoms with E-state index in [4.69, 9.17) is 0 Å². The SMILES string of the molecule is Cc1cc([C@H]2CCN2)c[nH]c1=O. The first-order chi connectivity index (χ1) is 5.77. The molecule has 0 amide bonds. The average Bonchev–Trinajstić information content (AvgIpc) is 1.93. The Morgan fingerprint density at radius 1 is 1.58 bits per heavy atom. The van der Waals surface area contributed by atoms with Crippen LogP contribution in [0.5, 0.6) is 0 Å². The second kappa shape index (κ2) is 2.75. The van der Waals surface area contributed by atoms with E-state index in [-0.39, 0.29) is 5.56 Å². The number of aromatic amines is 1. The molecule has 0 radical (unpaired) electrons. The summed E-state index contributed by atoms with van der Waals surface area (Å²) in [4.78, 5) is 13.7. The Morgan fingerprint density at radius 2 is 2.33 bits per heavy atom. The molecule has 0 aliphatic carbocycles. The Labute approximate surface area is 70.8 Å². The molecule has 0 saturated carbocycles. The van der Waals surface area contributed by atoms with Crippen molar-refractivity contribution < 1.29 is 0 Å². The molecule has 0 unspecified atom stereocenters. The highest BCUT2D eigenvalue weighted by Gasteiger charge is 2.18. The smallest absolute Gasteiger partial charge is 0.250 e. The molecule has 1 fully saturated rings. The summed E-state index contributed by atoms with van der Waals surface area (Å²) in [7, 11) is 0. The summed E-state index contributed by atoms with van der Waals surface area (Å²) in [5.41, 5.74) is 2.00. The Kier molecular flexibility index (Phi) is 1.73. The summed E-state index contributed by atoms with van der Waals surface area (Å²) in [5, 5.41) is 3.29. The minimum Gasteiger partial charge on any atom is -0.329 e. The van der Waals surface area contributed by atoms with Gasteiger partial charge in [0.15, 0.2) is 0 Å². The molecular weight excluding hydrogens is 152 g/mol. The van der Waals surface area contributed by atoms with Crippen molar-refractivity contribution in [1.82, 2.24) is 10.3 Å². The normalized spacial score (nSPS) is 21.9. The van der Waals surface area contributed by atoms with Gasteiger partial charge in [0.2, 0.25) is 0 Å². The summed E-state index contributed by atoms with van der Waals surface area (Å²) in [6.45, 7) is 2.92. The number of aryl methyl sites for hydroxylation is 1. The zero-order valence-corrected chi connectivity index (χ0v) is 7.05. The van der Waals surface area contributed by atoms with Gasteiger partial charge in [-0.1, -0.05) is 0 Å². The fourth-order valence-electron chi connectivity index (χ4n) is 1.39. The van der Waals surface area contributed by atoms with Crippen LogP contribution in [0.4, 0.5) is 0 Å². The molecule has 0 aromatic carbocycles. The lowest BCUT2D eigenvalue weighted by Crippen LogP contribution is -2.35. The minimum absolute atomic E-state index is 0.0121. The molecule has 2 rings (SSSR count). The van der Waals surface area contributed by atoms with Crippen LogP contribution in [0, 0.1) is 6.92 Å². The molecule has 1 aromatic heterocycles. The fourth-order valence-corrected chi connectivity index (χ4v) is 1.39. The standard InChI is InChI=1S/C9H12N2O/c1-6-4-7(5-11-9(6)12)8-2-3-10-8/h4-5,8,10H,2-3H2,1H3,(H,11,12)/t8-/m1/s1. The van der Waals surface area contributed by atoms with E-state index in [0.717, 1.165) is 12.1 Å². The molecule has 1 saturated heterocycles. The van der Waals surface area contributed by atoms with Gasteiger partial charge in [-0.3, -0.25) is 4.79 Å². The topological polar surface area (TPSA) is 44.9 Å². The van der Waals surface area contributed by atoms with Crippen LogP contribution >= 0.6 is 0 Å². The molecule has 0 spiro atoms. The van der Waals surface area contributed by atoms with Crippen molar-refractivity contribution in [2.75, 3.05) is 6.54 Å². The highest BCUT2D eigenvalue weighted by atomic mass is 16.1. The second-order valence-corrected chi connectivity index (χ2v) is 3.24.